The Kier molecular flexibility index (Phi) is 4.08. The molecule has 2 fully saturated rings. The standard InChI is InChI=1S/C21H22N4O5/c1-10-9-25-15-5-4-13(19-22-12(3)24-30-19)6-14(15)8-21(18(25)11(2)29-10)16(26)7-17(27)23-20(21)28/h4-6,10-11,18H,7-9H2,1-3H3,(H,23,27,28)/t10-,11+,18-,21-/m1/s1. The number of imide groups is 1. The van der Waals surface area contributed by atoms with E-state index in [0.29, 0.717) is 18.3 Å². The Morgan fingerprint density at radius 1 is 1.23 bits per heavy atom. The lowest BCUT2D eigenvalue weighted by molar-refractivity contribution is -0.158. The number of Topliss-reactive ketones (excluding diaryl/α,β-unsaturated/α-hetero) is 1. The number of benzene rings is 1. The highest BCUT2D eigenvalue weighted by molar-refractivity contribution is 6.22. The van der Waals surface area contributed by atoms with E-state index in [1.54, 1.807) is 6.92 Å². The van der Waals surface area contributed by atoms with Crippen molar-refractivity contribution in [2.75, 3.05) is 11.4 Å². The molecule has 4 atom stereocenters. The lowest BCUT2D eigenvalue weighted by Crippen LogP contribution is -2.72. The normalized spacial score (nSPS) is 30.8. The third-order valence-electron chi connectivity index (χ3n) is 6.30. The van der Waals surface area contributed by atoms with Crippen LogP contribution in [-0.2, 0) is 25.5 Å². The fourth-order valence-electron chi connectivity index (χ4n) is 5.19. The van der Waals surface area contributed by atoms with Crippen LogP contribution in [-0.4, -0.2) is 52.5 Å². The zero-order chi connectivity index (χ0) is 21.2. The number of amides is 2. The molecule has 0 bridgehead atoms. The zero-order valence-electron chi connectivity index (χ0n) is 17.0. The van der Waals surface area contributed by atoms with E-state index in [0.717, 1.165) is 16.8 Å². The molecule has 0 unspecified atom stereocenters. The van der Waals surface area contributed by atoms with Gasteiger partial charge in [-0.2, -0.15) is 4.98 Å². The number of carbonyl (C=O) groups excluding carboxylic acids is 3. The number of ether oxygens (including phenoxy) is 1. The molecule has 1 aromatic heterocycles. The van der Waals surface area contributed by atoms with Crippen molar-refractivity contribution in [2.45, 2.75) is 51.9 Å². The Bertz CT molecular complexity index is 1060. The molecular formula is C21H22N4O5. The maximum absolute atomic E-state index is 13.2. The number of hydrogen-bond acceptors (Lipinski definition) is 8. The second kappa shape index (κ2) is 6.46. The van der Waals surface area contributed by atoms with Crippen molar-refractivity contribution in [3.63, 3.8) is 0 Å². The Morgan fingerprint density at radius 2 is 2.03 bits per heavy atom. The number of nitrogens with one attached hydrogen (secondary N) is 1. The smallest absolute Gasteiger partial charge is 0.257 e. The summed E-state index contributed by atoms with van der Waals surface area (Å²) in [6.45, 7) is 6.13. The molecule has 2 amide bonds. The Balaban J connectivity index is 1.68. The van der Waals surface area contributed by atoms with Crippen LogP contribution in [0.5, 0.6) is 0 Å². The highest BCUT2D eigenvalue weighted by Gasteiger charge is 2.62. The minimum Gasteiger partial charge on any atom is -0.372 e. The lowest BCUT2D eigenvalue weighted by Gasteiger charge is -2.55. The van der Waals surface area contributed by atoms with Gasteiger partial charge in [-0.25, -0.2) is 0 Å². The van der Waals surface area contributed by atoms with Gasteiger partial charge in [0.1, 0.15) is 5.41 Å². The third kappa shape index (κ3) is 2.61. The number of carbonyl (C=O) groups is 3. The number of fused-ring (bicyclic) bond motifs is 4. The number of piperidine rings is 1. The molecule has 9 nitrogen and oxygen atoms in total. The highest BCUT2D eigenvalue weighted by Crippen LogP contribution is 2.48. The predicted octanol–water partition coefficient (Wildman–Crippen LogP) is 1.19. The molecule has 1 N–H and O–H groups in total. The maximum Gasteiger partial charge on any atom is 0.257 e. The van der Waals surface area contributed by atoms with Crippen LogP contribution in [0.25, 0.3) is 11.5 Å². The number of morpholine rings is 1. The van der Waals surface area contributed by atoms with Crippen molar-refractivity contribution >= 4 is 23.3 Å². The lowest BCUT2D eigenvalue weighted by atomic mass is 9.63. The number of aromatic nitrogens is 2. The Labute approximate surface area is 172 Å². The summed E-state index contributed by atoms with van der Waals surface area (Å²) in [5.74, 6) is -0.560. The van der Waals surface area contributed by atoms with Crippen LogP contribution in [0.3, 0.4) is 0 Å². The Hall–Kier alpha value is -3.07. The molecule has 0 saturated carbocycles. The van der Waals surface area contributed by atoms with Gasteiger partial charge in [0.25, 0.3) is 5.89 Å². The van der Waals surface area contributed by atoms with Crippen LogP contribution >= 0.6 is 0 Å². The topological polar surface area (TPSA) is 115 Å². The van der Waals surface area contributed by atoms with E-state index in [2.05, 4.69) is 20.4 Å². The summed E-state index contributed by atoms with van der Waals surface area (Å²) in [7, 11) is 0. The average molecular weight is 410 g/mol. The van der Waals surface area contributed by atoms with Crippen LogP contribution in [0.2, 0.25) is 0 Å². The number of rotatable bonds is 1. The van der Waals surface area contributed by atoms with E-state index >= 15 is 0 Å². The molecule has 5 rings (SSSR count). The number of ketones is 1. The van der Waals surface area contributed by atoms with E-state index in [1.165, 1.54) is 0 Å². The largest absolute Gasteiger partial charge is 0.372 e. The Morgan fingerprint density at radius 3 is 2.73 bits per heavy atom. The molecule has 1 aromatic carbocycles. The van der Waals surface area contributed by atoms with Crippen LogP contribution in [0.4, 0.5) is 5.69 Å². The molecule has 3 aliphatic rings. The molecule has 0 aliphatic carbocycles. The van der Waals surface area contributed by atoms with Crippen molar-refractivity contribution in [3.05, 3.63) is 29.6 Å². The van der Waals surface area contributed by atoms with Gasteiger partial charge in [0.15, 0.2) is 11.6 Å². The first-order valence-corrected chi connectivity index (χ1v) is 10.0. The summed E-state index contributed by atoms with van der Waals surface area (Å²) >= 11 is 0. The van der Waals surface area contributed by atoms with Crippen LogP contribution < -0.4 is 10.2 Å². The summed E-state index contributed by atoms with van der Waals surface area (Å²) in [5, 5.41) is 6.23. The van der Waals surface area contributed by atoms with E-state index < -0.39 is 23.3 Å². The molecule has 30 heavy (non-hydrogen) atoms. The predicted molar refractivity (Wildman–Crippen MR) is 105 cm³/mol. The van der Waals surface area contributed by atoms with Crippen molar-refractivity contribution in [2.24, 2.45) is 5.41 Å². The second-order valence-corrected chi connectivity index (χ2v) is 8.36. The summed E-state index contributed by atoms with van der Waals surface area (Å²) < 4.78 is 11.3. The van der Waals surface area contributed by atoms with E-state index in [9.17, 15) is 14.4 Å². The first-order chi connectivity index (χ1) is 14.3. The summed E-state index contributed by atoms with van der Waals surface area (Å²) in [4.78, 5) is 44.6. The fraction of sp³-hybridized carbons (Fsp3) is 0.476. The fourth-order valence-corrected chi connectivity index (χ4v) is 5.19. The van der Waals surface area contributed by atoms with Crippen LogP contribution in [0.15, 0.2) is 22.7 Å². The summed E-state index contributed by atoms with van der Waals surface area (Å²) in [6, 6.07) is 5.27. The molecule has 1 spiro atoms. The van der Waals surface area contributed by atoms with Gasteiger partial charge in [-0.05, 0) is 51.0 Å². The van der Waals surface area contributed by atoms with E-state index in [4.69, 9.17) is 9.26 Å². The van der Waals surface area contributed by atoms with Crippen LogP contribution in [0.1, 0.15) is 31.7 Å². The second-order valence-electron chi connectivity index (χ2n) is 8.36. The van der Waals surface area contributed by atoms with Crippen LogP contribution in [0, 0.1) is 12.3 Å². The monoisotopic (exact) mass is 410 g/mol. The van der Waals surface area contributed by atoms with Gasteiger partial charge in [0.2, 0.25) is 11.8 Å². The molecule has 2 aromatic rings. The summed E-state index contributed by atoms with van der Waals surface area (Å²) in [5.41, 5.74) is 1.12. The first-order valence-electron chi connectivity index (χ1n) is 10.0. The summed E-state index contributed by atoms with van der Waals surface area (Å²) in [6.07, 6.45) is -0.551. The van der Waals surface area contributed by atoms with E-state index in [1.807, 2.05) is 32.0 Å². The first kappa shape index (κ1) is 18.9. The number of anilines is 1. The minimum atomic E-state index is -1.39. The van der Waals surface area contributed by atoms with Gasteiger partial charge in [-0.1, -0.05) is 5.16 Å². The van der Waals surface area contributed by atoms with Gasteiger partial charge in [0.05, 0.1) is 24.7 Å². The van der Waals surface area contributed by atoms with Crippen molar-refractivity contribution in [3.8, 4) is 11.5 Å². The molecule has 156 valence electrons. The quantitative estimate of drug-likeness (QED) is 0.551. The minimum absolute atomic E-state index is 0.0686. The highest BCUT2D eigenvalue weighted by atomic mass is 16.5. The van der Waals surface area contributed by atoms with Gasteiger partial charge in [-0.15, -0.1) is 0 Å². The molecule has 9 heteroatoms. The maximum atomic E-state index is 13.2. The molecule has 4 heterocycles. The molecular weight excluding hydrogens is 388 g/mol. The zero-order valence-corrected chi connectivity index (χ0v) is 17.0. The van der Waals surface area contributed by atoms with Gasteiger partial charge in [0, 0.05) is 17.8 Å². The number of nitrogens with zero attached hydrogens (tertiary/aromatic N) is 3. The van der Waals surface area contributed by atoms with Crippen molar-refractivity contribution < 1.29 is 23.6 Å². The van der Waals surface area contributed by atoms with Gasteiger partial charge in [-0.3, -0.25) is 19.7 Å². The number of hydrogen-bond donors (Lipinski definition) is 1. The molecule has 2 saturated heterocycles. The third-order valence-corrected chi connectivity index (χ3v) is 6.30. The molecule has 0 radical (unpaired) electrons. The average Bonchev–Trinajstić information content (AvgIpc) is 3.11. The van der Waals surface area contributed by atoms with Crippen molar-refractivity contribution in [1.29, 1.82) is 0 Å². The number of aryl methyl sites for hydroxylation is 1. The SMILES string of the molecule is Cc1noc(-c2ccc3c(c2)C[C@@]2(C(=O)CC(=O)NC2=O)[C@H]2[C@H](C)O[C@H](C)CN32)n1. The molecule has 3 aliphatic heterocycles. The van der Waals surface area contributed by atoms with Gasteiger partial charge >= 0.3 is 0 Å². The van der Waals surface area contributed by atoms with Crippen molar-refractivity contribution in [1.82, 2.24) is 15.5 Å². The van der Waals surface area contributed by atoms with E-state index in [-0.39, 0.29) is 30.8 Å². The van der Waals surface area contributed by atoms with Gasteiger partial charge < -0.3 is 14.2 Å².